The maximum absolute atomic E-state index is 12.0. The van der Waals surface area contributed by atoms with E-state index in [1.54, 1.807) is 19.1 Å². The van der Waals surface area contributed by atoms with Gasteiger partial charge in [-0.15, -0.1) is 0 Å². The highest BCUT2D eigenvalue weighted by atomic mass is 16.5. The van der Waals surface area contributed by atoms with Crippen LogP contribution in [0.5, 0.6) is 0 Å². The van der Waals surface area contributed by atoms with Crippen molar-refractivity contribution in [3.8, 4) is 0 Å². The molecule has 0 spiro atoms. The lowest BCUT2D eigenvalue weighted by Gasteiger charge is -2.34. The summed E-state index contributed by atoms with van der Waals surface area (Å²) in [5.74, 6) is -1.01. The largest absolute Gasteiger partial charge is 0.478 e. The van der Waals surface area contributed by atoms with Crippen molar-refractivity contribution in [2.24, 2.45) is 0 Å². The van der Waals surface area contributed by atoms with Gasteiger partial charge in [0.05, 0.1) is 17.7 Å². The molecule has 3 N–H and O–H groups in total. The average molecular weight is 292 g/mol. The molecule has 1 aliphatic heterocycles. The Hall–Kier alpha value is -2.08. The molecular weight excluding hydrogens is 272 g/mol. The zero-order chi connectivity index (χ0) is 15.5. The van der Waals surface area contributed by atoms with Crippen LogP contribution in [0.15, 0.2) is 18.2 Å². The smallest absolute Gasteiger partial charge is 0.336 e. The number of benzene rings is 1. The van der Waals surface area contributed by atoms with Gasteiger partial charge in [-0.1, -0.05) is 6.07 Å². The fraction of sp³-hybridized carbons (Fsp3) is 0.467. The Balaban J connectivity index is 2.02. The Morgan fingerprint density at radius 2 is 2.14 bits per heavy atom. The van der Waals surface area contributed by atoms with Gasteiger partial charge in [0.2, 0.25) is 0 Å². The molecule has 0 aromatic heterocycles. The molecule has 0 saturated carbocycles. The van der Waals surface area contributed by atoms with Gasteiger partial charge in [-0.2, -0.15) is 0 Å². The van der Waals surface area contributed by atoms with Crippen LogP contribution in [0.3, 0.4) is 0 Å². The summed E-state index contributed by atoms with van der Waals surface area (Å²) in [6, 6.07) is 4.45. The van der Waals surface area contributed by atoms with Gasteiger partial charge in [-0.05, 0) is 44.4 Å². The molecule has 6 nitrogen and oxygen atoms in total. The molecule has 1 heterocycles. The minimum Gasteiger partial charge on any atom is -0.478 e. The highest BCUT2D eigenvalue weighted by Gasteiger charge is 2.29. The van der Waals surface area contributed by atoms with E-state index in [0.717, 1.165) is 19.4 Å². The average Bonchev–Trinajstić information content (AvgIpc) is 2.40. The number of urea groups is 1. The molecule has 2 rings (SSSR count). The third kappa shape index (κ3) is 3.95. The molecule has 0 bridgehead atoms. The van der Waals surface area contributed by atoms with E-state index in [4.69, 9.17) is 9.84 Å². The summed E-state index contributed by atoms with van der Waals surface area (Å²) in [6.45, 7) is 4.85. The standard InChI is InChI=1S/C15H20N2O4/c1-10-4-5-11(8-12(10)13(18)19)16-14(20)17-15(2)6-3-7-21-9-15/h4-5,8H,3,6-7,9H2,1-2H3,(H,18,19)(H2,16,17,20). The summed E-state index contributed by atoms with van der Waals surface area (Å²) in [5.41, 5.74) is 0.903. The Kier molecular flexibility index (Phi) is 4.47. The van der Waals surface area contributed by atoms with Crippen LogP contribution >= 0.6 is 0 Å². The maximum Gasteiger partial charge on any atom is 0.336 e. The van der Waals surface area contributed by atoms with E-state index in [-0.39, 0.29) is 17.1 Å². The fourth-order valence-electron chi connectivity index (χ4n) is 2.40. The first-order valence-electron chi connectivity index (χ1n) is 6.90. The minimum atomic E-state index is -1.01. The molecule has 6 heteroatoms. The number of ether oxygens (including phenoxy) is 1. The lowest BCUT2D eigenvalue weighted by molar-refractivity contribution is 0.0342. The van der Waals surface area contributed by atoms with E-state index < -0.39 is 5.97 Å². The zero-order valence-electron chi connectivity index (χ0n) is 12.2. The van der Waals surface area contributed by atoms with Gasteiger partial charge in [-0.3, -0.25) is 0 Å². The van der Waals surface area contributed by atoms with Gasteiger partial charge in [0, 0.05) is 12.3 Å². The Labute approximate surface area is 123 Å². The van der Waals surface area contributed by atoms with Crippen LogP contribution < -0.4 is 10.6 Å². The third-order valence-electron chi connectivity index (χ3n) is 3.58. The number of carbonyl (C=O) groups is 2. The van der Waals surface area contributed by atoms with E-state index >= 15 is 0 Å². The van der Waals surface area contributed by atoms with Gasteiger partial charge < -0.3 is 20.5 Å². The molecule has 1 fully saturated rings. The minimum absolute atomic E-state index is 0.181. The predicted octanol–water partition coefficient (Wildman–Crippen LogP) is 2.38. The number of carboxylic acid groups (broad SMARTS) is 1. The second-order valence-electron chi connectivity index (χ2n) is 5.63. The summed E-state index contributed by atoms with van der Waals surface area (Å²) in [6.07, 6.45) is 1.76. The van der Waals surface area contributed by atoms with Gasteiger partial charge in [0.25, 0.3) is 0 Å². The molecular formula is C15H20N2O4. The number of carbonyl (C=O) groups excluding carboxylic acids is 1. The third-order valence-corrected chi connectivity index (χ3v) is 3.58. The lowest BCUT2D eigenvalue weighted by atomic mass is 9.95. The van der Waals surface area contributed by atoms with Crippen molar-refractivity contribution in [3.63, 3.8) is 0 Å². The second kappa shape index (κ2) is 6.13. The molecule has 1 aromatic rings. The molecule has 114 valence electrons. The normalized spacial score (nSPS) is 21.6. The first-order valence-corrected chi connectivity index (χ1v) is 6.90. The van der Waals surface area contributed by atoms with Crippen molar-refractivity contribution < 1.29 is 19.4 Å². The molecule has 1 aromatic carbocycles. The summed E-state index contributed by atoms with van der Waals surface area (Å²) in [4.78, 5) is 23.1. The number of hydrogen-bond donors (Lipinski definition) is 3. The second-order valence-corrected chi connectivity index (χ2v) is 5.63. The lowest BCUT2D eigenvalue weighted by Crippen LogP contribution is -2.52. The first-order chi connectivity index (χ1) is 9.89. The van der Waals surface area contributed by atoms with E-state index in [1.165, 1.54) is 6.07 Å². The quantitative estimate of drug-likeness (QED) is 0.798. The van der Waals surface area contributed by atoms with Gasteiger partial charge >= 0.3 is 12.0 Å². The summed E-state index contributed by atoms with van der Waals surface area (Å²) >= 11 is 0. The van der Waals surface area contributed by atoms with E-state index in [1.807, 2.05) is 6.92 Å². The molecule has 1 unspecified atom stereocenters. The Morgan fingerprint density at radius 1 is 1.38 bits per heavy atom. The number of rotatable bonds is 3. The summed E-state index contributed by atoms with van der Waals surface area (Å²) < 4.78 is 5.38. The van der Waals surface area contributed by atoms with Crippen molar-refractivity contribution in [1.82, 2.24) is 5.32 Å². The highest BCUT2D eigenvalue weighted by Crippen LogP contribution is 2.19. The van der Waals surface area contributed by atoms with Gasteiger partial charge in [-0.25, -0.2) is 9.59 Å². The van der Waals surface area contributed by atoms with Crippen LogP contribution in [0, 0.1) is 6.92 Å². The summed E-state index contributed by atoms with van der Waals surface area (Å²) in [5, 5.41) is 14.6. The predicted molar refractivity (Wildman–Crippen MR) is 78.8 cm³/mol. The number of carboxylic acids is 1. The van der Waals surface area contributed by atoms with Crippen LogP contribution in [0.4, 0.5) is 10.5 Å². The van der Waals surface area contributed by atoms with Gasteiger partial charge in [0.15, 0.2) is 0 Å². The summed E-state index contributed by atoms with van der Waals surface area (Å²) in [7, 11) is 0. The van der Waals surface area contributed by atoms with Crippen molar-refractivity contribution in [2.75, 3.05) is 18.5 Å². The monoisotopic (exact) mass is 292 g/mol. The van der Waals surface area contributed by atoms with Crippen LogP contribution in [0.1, 0.15) is 35.7 Å². The van der Waals surface area contributed by atoms with Crippen LogP contribution in [0.2, 0.25) is 0 Å². The van der Waals surface area contributed by atoms with Crippen LogP contribution in [-0.4, -0.2) is 35.9 Å². The number of amides is 2. The van der Waals surface area contributed by atoms with E-state index in [2.05, 4.69) is 10.6 Å². The Morgan fingerprint density at radius 3 is 2.76 bits per heavy atom. The number of anilines is 1. The number of aryl methyl sites for hydroxylation is 1. The van der Waals surface area contributed by atoms with E-state index in [9.17, 15) is 9.59 Å². The van der Waals surface area contributed by atoms with Crippen molar-refractivity contribution >= 4 is 17.7 Å². The zero-order valence-corrected chi connectivity index (χ0v) is 12.2. The van der Waals surface area contributed by atoms with Crippen molar-refractivity contribution in [3.05, 3.63) is 29.3 Å². The molecule has 0 aliphatic carbocycles. The van der Waals surface area contributed by atoms with Crippen molar-refractivity contribution in [2.45, 2.75) is 32.2 Å². The Bertz CT molecular complexity index is 551. The number of nitrogens with one attached hydrogen (secondary N) is 2. The van der Waals surface area contributed by atoms with Crippen molar-refractivity contribution in [1.29, 1.82) is 0 Å². The number of hydrogen-bond acceptors (Lipinski definition) is 3. The molecule has 1 atom stereocenters. The molecule has 2 amide bonds. The van der Waals surface area contributed by atoms with Gasteiger partial charge in [0.1, 0.15) is 0 Å². The maximum atomic E-state index is 12.0. The molecule has 0 radical (unpaired) electrons. The van der Waals surface area contributed by atoms with Crippen LogP contribution in [-0.2, 0) is 4.74 Å². The van der Waals surface area contributed by atoms with E-state index in [0.29, 0.717) is 17.9 Å². The SMILES string of the molecule is Cc1ccc(NC(=O)NC2(C)CCCOC2)cc1C(=O)O. The molecule has 1 aliphatic rings. The molecule has 21 heavy (non-hydrogen) atoms. The highest BCUT2D eigenvalue weighted by molar-refractivity contribution is 5.94. The fourth-order valence-corrected chi connectivity index (χ4v) is 2.40. The van der Waals surface area contributed by atoms with Crippen LogP contribution in [0.25, 0.3) is 0 Å². The molecule has 1 saturated heterocycles. The number of aromatic carboxylic acids is 1. The first kappa shape index (κ1) is 15.3. The topological polar surface area (TPSA) is 87.7 Å².